The summed E-state index contributed by atoms with van der Waals surface area (Å²) in [6.07, 6.45) is 5.37. The quantitative estimate of drug-likeness (QED) is 0.199. The number of hydrogen-bond acceptors (Lipinski definition) is 6. The molecule has 0 saturated carbocycles. The molecule has 0 aliphatic carbocycles. The molecule has 0 fully saturated rings. The van der Waals surface area contributed by atoms with Crippen molar-refractivity contribution in [2.75, 3.05) is 7.11 Å². The number of sulfone groups is 1. The third-order valence-electron chi connectivity index (χ3n) is 6.24. The molecule has 1 heterocycles. The summed E-state index contributed by atoms with van der Waals surface area (Å²) in [5.41, 5.74) is 1.07. The molecule has 2 atom stereocenters. The van der Waals surface area contributed by atoms with Gasteiger partial charge in [-0.1, -0.05) is 56.4 Å². The SMILES string of the molecule is CCCCCCC1OC(c2ccc(OC(=O)C(C)(C)C)c(OC)c2)C=C1S(=O)(=O)c1ccc(C)cc1. The average Bonchev–Trinajstić information content (AvgIpc) is 3.27. The maximum Gasteiger partial charge on any atom is 0.316 e. The van der Waals surface area contributed by atoms with E-state index in [2.05, 4.69) is 6.92 Å². The van der Waals surface area contributed by atoms with Crippen molar-refractivity contribution >= 4 is 15.8 Å². The Morgan fingerprint density at radius 1 is 1.00 bits per heavy atom. The van der Waals surface area contributed by atoms with E-state index in [1.165, 1.54) is 7.11 Å². The van der Waals surface area contributed by atoms with Crippen molar-refractivity contribution in [3.63, 3.8) is 0 Å². The smallest absolute Gasteiger partial charge is 0.316 e. The Morgan fingerprint density at radius 3 is 2.31 bits per heavy atom. The molecule has 36 heavy (non-hydrogen) atoms. The zero-order chi connectivity index (χ0) is 26.5. The van der Waals surface area contributed by atoms with Crippen LogP contribution in [0, 0.1) is 12.3 Å². The van der Waals surface area contributed by atoms with Gasteiger partial charge in [0.25, 0.3) is 0 Å². The molecular formula is C29H38O6S. The van der Waals surface area contributed by atoms with E-state index < -0.39 is 27.5 Å². The summed E-state index contributed by atoms with van der Waals surface area (Å²) in [4.78, 5) is 12.9. The van der Waals surface area contributed by atoms with Gasteiger partial charge < -0.3 is 14.2 Å². The lowest BCUT2D eigenvalue weighted by molar-refractivity contribution is -0.143. The minimum absolute atomic E-state index is 0.268. The van der Waals surface area contributed by atoms with Gasteiger partial charge in [0, 0.05) is 0 Å². The highest BCUT2D eigenvalue weighted by Gasteiger charge is 2.37. The van der Waals surface area contributed by atoms with Crippen molar-refractivity contribution in [1.82, 2.24) is 0 Å². The highest BCUT2D eigenvalue weighted by molar-refractivity contribution is 7.95. The largest absolute Gasteiger partial charge is 0.493 e. The summed E-state index contributed by atoms with van der Waals surface area (Å²) in [6.45, 7) is 9.42. The van der Waals surface area contributed by atoms with Crippen LogP contribution >= 0.6 is 0 Å². The van der Waals surface area contributed by atoms with Gasteiger partial charge in [0.2, 0.25) is 9.84 Å². The fraction of sp³-hybridized carbons (Fsp3) is 0.483. The summed E-state index contributed by atoms with van der Waals surface area (Å²) in [5, 5.41) is 0. The number of ether oxygens (including phenoxy) is 3. The number of unbranched alkanes of at least 4 members (excludes halogenated alkanes) is 3. The first-order valence-corrected chi connectivity index (χ1v) is 14.0. The third kappa shape index (κ3) is 6.56. The number of benzene rings is 2. The van der Waals surface area contributed by atoms with Gasteiger partial charge in [0.1, 0.15) is 6.10 Å². The molecule has 196 valence electrons. The van der Waals surface area contributed by atoms with Gasteiger partial charge in [0.15, 0.2) is 11.5 Å². The molecule has 6 nitrogen and oxygen atoms in total. The summed E-state index contributed by atoms with van der Waals surface area (Å²) in [6, 6.07) is 12.1. The fourth-order valence-corrected chi connectivity index (χ4v) is 5.58. The Hall–Kier alpha value is -2.64. The molecule has 2 aromatic rings. The van der Waals surface area contributed by atoms with Gasteiger partial charge >= 0.3 is 5.97 Å². The van der Waals surface area contributed by atoms with Crippen molar-refractivity contribution < 1.29 is 27.4 Å². The zero-order valence-corrected chi connectivity index (χ0v) is 23.0. The molecule has 3 rings (SSSR count). The minimum Gasteiger partial charge on any atom is -0.493 e. The van der Waals surface area contributed by atoms with Crippen LogP contribution in [0.5, 0.6) is 11.5 Å². The normalized spacial score (nSPS) is 18.1. The lowest BCUT2D eigenvalue weighted by Gasteiger charge is -2.20. The van der Waals surface area contributed by atoms with Crippen LogP contribution in [0.1, 0.15) is 77.0 Å². The van der Waals surface area contributed by atoms with Crippen molar-refractivity contribution in [3.05, 3.63) is 64.6 Å². The maximum absolute atomic E-state index is 13.6. The van der Waals surface area contributed by atoms with Crippen molar-refractivity contribution in [3.8, 4) is 11.5 Å². The van der Waals surface area contributed by atoms with Crippen LogP contribution in [0.15, 0.2) is 58.3 Å². The summed E-state index contributed by atoms with van der Waals surface area (Å²) in [5.74, 6) is 0.326. The Kier molecular flexibility index (Phi) is 9.01. The minimum atomic E-state index is -3.71. The summed E-state index contributed by atoms with van der Waals surface area (Å²) in [7, 11) is -2.21. The number of methoxy groups -OCH3 is 1. The number of hydrogen-bond donors (Lipinski definition) is 0. The molecule has 0 amide bonds. The molecule has 0 aromatic heterocycles. The molecule has 1 aliphatic heterocycles. The molecule has 2 unspecified atom stereocenters. The van der Waals surface area contributed by atoms with Crippen LogP contribution < -0.4 is 9.47 Å². The first-order valence-electron chi connectivity index (χ1n) is 12.6. The number of aryl methyl sites for hydroxylation is 1. The average molecular weight is 515 g/mol. The number of rotatable bonds is 10. The van der Waals surface area contributed by atoms with E-state index in [0.717, 1.165) is 36.8 Å². The van der Waals surface area contributed by atoms with E-state index >= 15 is 0 Å². The lowest BCUT2D eigenvalue weighted by Crippen LogP contribution is -2.25. The van der Waals surface area contributed by atoms with E-state index in [1.54, 1.807) is 69.3 Å². The predicted molar refractivity (Wildman–Crippen MR) is 141 cm³/mol. The topological polar surface area (TPSA) is 78.9 Å². The highest BCUT2D eigenvalue weighted by Crippen LogP contribution is 2.41. The molecule has 7 heteroatoms. The van der Waals surface area contributed by atoms with E-state index in [-0.39, 0.29) is 10.9 Å². The highest BCUT2D eigenvalue weighted by atomic mass is 32.2. The summed E-state index contributed by atoms with van der Waals surface area (Å²) < 4.78 is 44.5. The van der Waals surface area contributed by atoms with E-state index in [4.69, 9.17) is 14.2 Å². The molecule has 1 aliphatic rings. The van der Waals surface area contributed by atoms with Crippen LogP contribution in [0.3, 0.4) is 0 Å². The number of carbonyl (C=O) groups excluding carboxylic acids is 1. The molecule has 0 spiro atoms. The zero-order valence-electron chi connectivity index (χ0n) is 22.2. The lowest BCUT2D eigenvalue weighted by atomic mass is 9.97. The van der Waals surface area contributed by atoms with Gasteiger partial charge in [-0.05, 0) is 70.0 Å². The van der Waals surface area contributed by atoms with Crippen LogP contribution in [-0.2, 0) is 19.4 Å². The van der Waals surface area contributed by atoms with Crippen molar-refractivity contribution in [2.24, 2.45) is 5.41 Å². The van der Waals surface area contributed by atoms with Crippen LogP contribution in [0.25, 0.3) is 0 Å². The molecule has 2 aromatic carbocycles. The van der Waals surface area contributed by atoms with E-state index in [1.807, 2.05) is 6.92 Å². The van der Waals surface area contributed by atoms with Gasteiger partial charge in [-0.2, -0.15) is 0 Å². The molecule has 0 radical (unpaired) electrons. The maximum atomic E-state index is 13.6. The predicted octanol–water partition coefficient (Wildman–Crippen LogP) is 6.72. The molecule has 0 bridgehead atoms. The summed E-state index contributed by atoms with van der Waals surface area (Å²) >= 11 is 0. The van der Waals surface area contributed by atoms with Gasteiger partial charge in [-0.25, -0.2) is 8.42 Å². The Bertz CT molecular complexity index is 1190. The second-order valence-corrected chi connectivity index (χ2v) is 12.3. The monoisotopic (exact) mass is 514 g/mol. The van der Waals surface area contributed by atoms with Crippen molar-refractivity contribution in [1.29, 1.82) is 0 Å². The first kappa shape index (κ1) is 27.9. The molecule has 0 N–H and O–H groups in total. The van der Waals surface area contributed by atoms with Crippen LogP contribution in [0.2, 0.25) is 0 Å². The van der Waals surface area contributed by atoms with Gasteiger partial charge in [-0.3, -0.25) is 4.79 Å². The molecule has 0 saturated heterocycles. The van der Waals surface area contributed by atoms with Crippen LogP contribution in [-0.4, -0.2) is 27.6 Å². The fourth-order valence-electron chi connectivity index (χ4n) is 4.00. The first-order chi connectivity index (χ1) is 17.0. The second kappa shape index (κ2) is 11.6. The van der Waals surface area contributed by atoms with E-state index in [0.29, 0.717) is 22.8 Å². The van der Waals surface area contributed by atoms with Gasteiger partial charge in [-0.15, -0.1) is 0 Å². The second-order valence-electron chi connectivity index (χ2n) is 10.3. The number of esters is 1. The Balaban J connectivity index is 1.93. The Morgan fingerprint density at radius 2 is 1.69 bits per heavy atom. The van der Waals surface area contributed by atoms with Crippen LogP contribution in [0.4, 0.5) is 0 Å². The van der Waals surface area contributed by atoms with E-state index in [9.17, 15) is 13.2 Å². The van der Waals surface area contributed by atoms with Crippen molar-refractivity contribution in [2.45, 2.75) is 83.8 Å². The third-order valence-corrected chi connectivity index (χ3v) is 8.15. The van der Waals surface area contributed by atoms with Gasteiger partial charge in [0.05, 0.1) is 28.4 Å². The molecular weight excluding hydrogens is 476 g/mol. The standard InChI is InChI=1S/C29H38O6S/c1-7-8-9-10-11-24-27(36(31,32)22-15-12-20(2)13-16-22)19-25(34-24)21-14-17-23(26(18-21)33-6)35-28(30)29(3,4)5/h12-19,24-25H,7-11H2,1-6H3. The number of carbonyl (C=O) groups is 1. The Labute approximate surface area is 215 Å².